The standard InChI is InChI=1S/C34H40N2O7/c37-31(35-21-9-3-7-16-33(39)40)15-6-2-8-22-36-32(38)25-42-30-19-17-27(18-20-30)28-13-10-14-29(23-28)34(41)43-24-26-11-4-1-5-12-26/h1,4-5,10-14,17-20,23H,2-3,6-9,15-16,21-22,24-25H2,(H,35,37)(H,36,38)(H,39,40). The first kappa shape index (κ1) is 32.8. The molecule has 3 rings (SSSR count). The van der Waals surface area contributed by atoms with Crippen LogP contribution in [0.1, 0.15) is 67.3 Å². The van der Waals surface area contributed by atoms with Crippen molar-refractivity contribution in [2.45, 2.75) is 58.0 Å². The first-order valence-corrected chi connectivity index (χ1v) is 14.7. The van der Waals surface area contributed by atoms with Crippen molar-refractivity contribution in [1.29, 1.82) is 0 Å². The summed E-state index contributed by atoms with van der Waals surface area (Å²) in [4.78, 5) is 47.0. The second kappa shape index (κ2) is 18.7. The van der Waals surface area contributed by atoms with Crippen LogP contribution in [0.25, 0.3) is 11.1 Å². The molecular weight excluding hydrogens is 548 g/mol. The monoisotopic (exact) mass is 588 g/mol. The number of carboxylic acid groups (broad SMARTS) is 1. The SMILES string of the molecule is O=C(O)CCCCCNC(=O)CCCCCNC(=O)COc1ccc(-c2cccc(C(=O)OCc3ccccc3)c2)cc1. The number of ether oxygens (including phenoxy) is 2. The average molecular weight is 589 g/mol. The third-order valence-corrected chi connectivity index (χ3v) is 6.66. The number of esters is 1. The number of carbonyl (C=O) groups excluding carboxylic acids is 3. The van der Waals surface area contributed by atoms with Crippen LogP contribution in [0.2, 0.25) is 0 Å². The molecule has 0 unspecified atom stereocenters. The first-order chi connectivity index (χ1) is 20.9. The molecule has 3 aromatic rings. The van der Waals surface area contributed by atoms with E-state index >= 15 is 0 Å². The van der Waals surface area contributed by atoms with Crippen LogP contribution in [-0.2, 0) is 25.7 Å². The lowest BCUT2D eigenvalue weighted by Crippen LogP contribution is -2.29. The fourth-order valence-electron chi connectivity index (χ4n) is 4.29. The zero-order chi connectivity index (χ0) is 30.7. The molecular formula is C34H40N2O7. The van der Waals surface area contributed by atoms with Crippen molar-refractivity contribution in [3.8, 4) is 16.9 Å². The molecule has 0 aliphatic rings. The van der Waals surface area contributed by atoms with Gasteiger partial charge in [0.05, 0.1) is 5.56 Å². The van der Waals surface area contributed by atoms with Crippen LogP contribution in [-0.4, -0.2) is 48.6 Å². The molecule has 43 heavy (non-hydrogen) atoms. The normalized spacial score (nSPS) is 10.5. The third-order valence-electron chi connectivity index (χ3n) is 6.66. The van der Waals surface area contributed by atoms with Crippen molar-refractivity contribution in [2.75, 3.05) is 19.7 Å². The van der Waals surface area contributed by atoms with Gasteiger partial charge in [0.15, 0.2) is 6.61 Å². The Labute approximate surface area is 252 Å². The van der Waals surface area contributed by atoms with E-state index < -0.39 is 5.97 Å². The smallest absolute Gasteiger partial charge is 0.338 e. The molecule has 2 amide bonds. The molecule has 0 aromatic heterocycles. The lowest BCUT2D eigenvalue weighted by atomic mass is 10.0. The molecule has 0 aliphatic heterocycles. The summed E-state index contributed by atoms with van der Waals surface area (Å²) in [5.41, 5.74) is 3.16. The Bertz CT molecular complexity index is 1310. The summed E-state index contributed by atoms with van der Waals surface area (Å²) in [5, 5.41) is 14.3. The molecule has 9 heteroatoms. The molecule has 0 spiro atoms. The van der Waals surface area contributed by atoms with Crippen LogP contribution in [0.3, 0.4) is 0 Å². The van der Waals surface area contributed by atoms with E-state index in [4.69, 9.17) is 14.6 Å². The van der Waals surface area contributed by atoms with E-state index in [0.717, 1.165) is 48.8 Å². The van der Waals surface area contributed by atoms with Gasteiger partial charge >= 0.3 is 11.9 Å². The maximum Gasteiger partial charge on any atom is 0.338 e. The largest absolute Gasteiger partial charge is 0.484 e. The highest BCUT2D eigenvalue weighted by Crippen LogP contribution is 2.24. The van der Waals surface area contributed by atoms with E-state index in [1.165, 1.54) is 0 Å². The van der Waals surface area contributed by atoms with Gasteiger partial charge in [-0.2, -0.15) is 0 Å². The summed E-state index contributed by atoms with van der Waals surface area (Å²) in [7, 11) is 0. The molecule has 0 heterocycles. The van der Waals surface area contributed by atoms with Crippen LogP contribution in [0.4, 0.5) is 0 Å². The van der Waals surface area contributed by atoms with Gasteiger partial charge in [0.1, 0.15) is 12.4 Å². The van der Waals surface area contributed by atoms with Crippen molar-refractivity contribution in [1.82, 2.24) is 10.6 Å². The van der Waals surface area contributed by atoms with E-state index in [0.29, 0.717) is 37.2 Å². The van der Waals surface area contributed by atoms with Gasteiger partial charge in [0.2, 0.25) is 5.91 Å². The first-order valence-electron chi connectivity index (χ1n) is 14.7. The van der Waals surface area contributed by atoms with Crippen molar-refractivity contribution < 1.29 is 33.8 Å². The molecule has 0 saturated carbocycles. The molecule has 0 bridgehead atoms. The highest BCUT2D eigenvalue weighted by atomic mass is 16.5. The van der Waals surface area contributed by atoms with E-state index in [9.17, 15) is 19.2 Å². The molecule has 228 valence electrons. The van der Waals surface area contributed by atoms with Crippen LogP contribution in [0.15, 0.2) is 78.9 Å². The third kappa shape index (κ3) is 13.2. The Morgan fingerprint density at radius 2 is 1.33 bits per heavy atom. The summed E-state index contributed by atoms with van der Waals surface area (Å²) >= 11 is 0. The van der Waals surface area contributed by atoms with Gasteiger partial charge < -0.3 is 25.2 Å². The molecule has 3 aromatic carbocycles. The highest BCUT2D eigenvalue weighted by molar-refractivity contribution is 5.91. The number of benzene rings is 3. The number of hydrogen-bond acceptors (Lipinski definition) is 6. The Morgan fingerprint density at radius 1 is 0.651 bits per heavy atom. The maximum atomic E-state index is 12.5. The fraction of sp³-hybridized carbons (Fsp3) is 0.353. The minimum Gasteiger partial charge on any atom is -0.484 e. The van der Waals surface area contributed by atoms with Crippen LogP contribution >= 0.6 is 0 Å². The summed E-state index contributed by atoms with van der Waals surface area (Å²) in [6.07, 6.45) is 5.11. The van der Waals surface area contributed by atoms with Crippen molar-refractivity contribution in [3.63, 3.8) is 0 Å². The number of rotatable bonds is 19. The summed E-state index contributed by atoms with van der Waals surface area (Å²) in [6, 6.07) is 24.1. The quantitative estimate of drug-likeness (QED) is 0.124. The Hall–Kier alpha value is -4.66. The number of carboxylic acids is 1. The molecule has 0 radical (unpaired) electrons. The minimum atomic E-state index is -0.793. The van der Waals surface area contributed by atoms with E-state index in [1.54, 1.807) is 24.3 Å². The van der Waals surface area contributed by atoms with Crippen LogP contribution < -0.4 is 15.4 Å². The van der Waals surface area contributed by atoms with E-state index in [2.05, 4.69) is 10.6 Å². The number of nitrogens with one attached hydrogen (secondary N) is 2. The predicted molar refractivity (Wildman–Crippen MR) is 164 cm³/mol. The number of carbonyl (C=O) groups is 4. The van der Waals surface area contributed by atoms with Crippen molar-refractivity contribution in [3.05, 3.63) is 90.0 Å². The minimum absolute atomic E-state index is 0.00395. The Kier molecular flexibility index (Phi) is 14.3. The van der Waals surface area contributed by atoms with Crippen LogP contribution in [0, 0.1) is 0 Å². The van der Waals surface area contributed by atoms with Gasteiger partial charge in [0.25, 0.3) is 5.91 Å². The van der Waals surface area contributed by atoms with Gasteiger partial charge in [0, 0.05) is 25.9 Å². The summed E-state index contributed by atoms with van der Waals surface area (Å²) < 4.78 is 11.0. The second-order valence-corrected chi connectivity index (χ2v) is 10.2. The highest BCUT2D eigenvalue weighted by Gasteiger charge is 2.10. The average Bonchev–Trinajstić information content (AvgIpc) is 3.02. The molecule has 9 nitrogen and oxygen atoms in total. The number of aliphatic carboxylic acids is 1. The zero-order valence-corrected chi connectivity index (χ0v) is 24.4. The zero-order valence-electron chi connectivity index (χ0n) is 24.4. The molecule has 0 atom stereocenters. The van der Waals surface area contributed by atoms with Gasteiger partial charge in [-0.3, -0.25) is 14.4 Å². The molecule has 0 fully saturated rings. The lowest BCUT2D eigenvalue weighted by molar-refractivity contribution is -0.137. The number of amides is 2. The second-order valence-electron chi connectivity index (χ2n) is 10.2. The lowest BCUT2D eigenvalue weighted by Gasteiger charge is -2.09. The molecule has 0 aliphatic carbocycles. The predicted octanol–water partition coefficient (Wildman–Crippen LogP) is 5.53. The summed E-state index contributed by atoms with van der Waals surface area (Å²) in [6.45, 7) is 1.19. The molecule has 3 N–H and O–H groups in total. The van der Waals surface area contributed by atoms with Gasteiger partial charge in [-0.25, -0.2) is 4.79 Å². The number of hydrogen-bond donors (Lipinski definition) is 3. The van der Waals surface area contributed by atoms with Crippen molar-refractivity contribution in [2.24, 2.45) is 0 Å². The molecule has 0 saturated heterocycles. The summed E-state index contributed by atoms with van der Waals surface area (Å²) in [5.74, 6) is -0.841. The van der Waals surface area contributed by atoms with Crippen molar-refractivity contribution >= 4 is 23.8 Å². The van der Waals surface area contributed by atoms with Crippen LogP contribution in [0.5, 0.6) is 5.75 Å². The van der Waals surface area contributed by atoms with Gasteiger partial charge in [-0.1, -0.05) is 67.4 Å². The maximum absolute atomic E-state index is 12.5. The van der Waals surface area contributed by atoms with E-state index in [1.807, 2.05) is 54.6 Å². The Morgan fingerprint density at radius 3 is 2.02 bits per heavy atom. The van der Waals surface area contributed by atoms with Gasteiger partial charge in [-0.05, 0) is 66.6 Å². The van der Waals surface area contributed by atoms with E-state index in [-0.39, 0.29) is 37.4 Å². The van der Waals surface area contributed by atoms with Gasteiger partial charge in [-0.15, -0.1) is 0 Å². The fourth-order valence-corrected chi connectivity index (χ4v) is 4.29. The number of unbranched alkanes of at least 4 members (excludes halogenated alkanes) is 4. The topological polar surface area (TPSA) is 131 Å². The Balaban J connectivity index is 1.28.